The number of alkyl halides is 3. The lowest BCUT2D eigenvalue weighted by Gasteiger charge is -2.52. The number of aromatic nitrogens is 2. The van der Waals surface area contributed by atoms with Gasteiger partial charge in [0.15, 0.2) is 0 Å². The van der Waals surface area contributed by atoms with Gasteiger partial charge in [0.05, 0.1) is 17.0 Å². The number of nitrogens with zero attached hydrogens (tertiary/aromatic N) is 5. The van der Waals surface area contributed by atoms with E-state index in [1.807, 2.05) is 23.6 Å². The van der Waals surface area contributed by atoms with E-state index in [1.54, 1.807) is 0 Å². The number of aliphatic carboxylic acids is 1. The van der Waals surface area contributed by atoms with Gasteiger partial charge >= 0.3 is 18.2 Å². The van der Waals surface area contributed by atoms with Crippen LogP contribution in [0.1, 0.15) is 86.5 Å². The molecule has 4 aliphatic rings. The maximum atomic E-state index is 13.2. The van der Waals surface area contributed by atoms with Crippen molar-refractivity contribution in [2.75, 3.05) is 52.5 Å². The van der Waals surface area contributed by atoms with Gasteiger partial charge in [-0.2, -0.15) is 13.2 Å². The summed E-state index contributed by atoms with van der Waals surface area (Å²) >= 11 is 0. The van der Waals surface area contributed by atoms with E-state index in [2.05, 4.69) is 21.8 Å². The molecule has 1 spiro atoms. The molecular weight excluding hydrogens is 607 g/mol. The Morgan fingerprint density at radius 1 is 1.02 bits per heavy atom. The summed E-state index contributed by atoms with van der Waals surface area (Å²) in [4.78, 5) is 50.4. The zero-order valence-electron chi connectivity index (χ0n) is 27.2. The summed E-state index contributed by atoms with van der Waals surface area (Å²) in [6.07, 6.45) is 5.64. The molecule has 1 aromatic rings. The van der Waals surface area contributed by atoms with E-state index in [4.69, 9.17) is 19.4 Å². The molecule has 1 unspecified atom stereocenters. The van der Waals surface area contributed by atoms with Crippen LogP contribution in [0.2, 0.25) is 0 Å². The second-order valence-corrected chi connectivity index (χ2v) is 13.0. The van der Waals surface area contributed by atoms with Gasteiger partial charge in [-0.25, -0.2) is 19.6 Å². The molecule has 4 fully saturated rings. The number of hydrogen-bond acceptors (Lipinski definition) is 8. The van der Waals surface area contributed by atoms with Crippen molar-refractivity contribution in [2.24, 2.45) is 11.8 Å². The molecule has 4 aliphatic heterocycles. The Morgan fingerprint density at radius 3 is 2.15 bits per heavy atom. The van der Waals surface area contributed by atoms with Crippen LogP contribution >= 0.6 is 0 Å². The first kappa shape index (κ1) is 35.8. The number of carbonyl (C=O) groups is 3. The fourth-order valence-electron chi connectivity index (χ4n) is 7.30. The molecule has 11 nitrogen and oxygen atoms in total. The second kappa shape index (κ2) is 15.7. The number of carbonyl (C=O) groups excluding carboxylic acids is 2. The number of rotatable bonds is 7. The minimum absolute atomic E-state index is 0.0554. The molecule has 46 heavy (non-hydrogen) atoms. The summed E-state index contributed by atoms with van der Waals surface area (Å²) in [5.74, 6) is -1.78. The van der Waals surface area contributed by atoms with E-state index in [-0.39, 0.29) is 17.6 Å². The van der Waals surface area contributed by atoms with Gasteiger partial charge in [0.1, 0.15) is 11.9 Å². The molecular formula is C32H48F3N5O6. The predicted octanol–water partition coefficient (Wildman–Crippen LogP) is 4.85. The third-order valence-electron chi connectivity index (χ3n) is 10.1. The maximum Gasteiger partial charge on any atom is 0.490 e. The number of likely N-dealkylation sites (tertiary alicyclic amines) is 2. The summed E-state index contributed by atoms with van der Waals surface area (Å²) in [6.45, 7) is 12.7. The van der Waals surface area contributed by atoms with Crippen molar-refractivity contribution < 1.29 is 42.1 Å². The van der Waals surface area contributed by atoms with Crippen LogP contribution in [0.5, 0.6) is 0 Å². The van der Waals surface area contributed by atoms with Crippen molar-refractivity contribution in [3.05, 3.63) is 23.3 Å². The summed E-state index contributed by atoms with van der Waals surface area (Å²) in [5, 5.41) is 7.12. The van der Waals surface area contributed by atoms with E-state index < -0.39 is 12.1 Å². The maximum absolute atomic E-state index is 13.2. The Labute approximate surface area is 268 Å². The van der Waals surface area contributed by atoms with Gasteiger partial charge in [-0.15, -0.1) is 0 Å². The Hall–Kier alpha value is -3.00. The number of unbranched alkanes of at least 4 members (excludes halogenated alkanes) is 1. The topological polar surface area (TPSA) is 125 Å². The van der Waals surface area contributed by atoms with Crippen LogP contribution in [0.25, 0.3) is 0 Å². The fourth-order valence-corrected chi connectivity index (χ4v) is 7.30. The molecule has 5 heterocycles. The monoisotopic (exact) mass is 655 g/mol. The van der Waals surface area contributed by atoms with Crippen molar-refractivity contribution in [3.8, 4) is 0 Å². The molecule has 1 aromatic heterocycles. The van der Waals surface area contributed by atoms with Gasteiger partial charge in [-0.3, -0.25) is 9.69 Å². The lowest BCUT2D eigenvalue weighted by molar-refractivity contribution is -0.192. The largest absolute Gasteiger partial charge is 0.490 e. The zero-order chi connectivity index (χ0) is 33.5. The molecule has 4 saturated heterocycles. The number of halogens is 3. The minimum Gasteiger partial charge on any atom is -0.475 e. The Morgan fingerprint density at radius 2 is 1.61 bits per heavy atom. The lowest BCUT2D eigenvalue weighted by Crippen LogP contribution is -2.61. The first-order chi connectivity index (χ1) is 21.8. The van der Waals surface area contributed by atoms with Crippen molar-refractivity contribution in [3.63, 3.8) is 0 Å². The fraction of sp³-hybridized carbons (Fsp3) is 0.781. The Bertz CT molecular complexity index is 1170. The van der Waals surface area contributed by atoms with Crippen molar-refractivity contribution in [2.45, 2.75) is 96.4 Å². The highest BCUT2D eigenvalue weighted by Crippen LogP contribution is 2.42. The Balaban J connectivity index is 0.000000617. The van der Waals surface area contributed by atoms with Crippen LogP contribution in [0.3, 0.4) is 0 Å². The summed E-state index contributed by atoms with van der Waals surface area (Å²) in [7, 11) is 0. The third-order valence-corrected chi connectivity index (χ3v) is 10.1. The SMILES string of the molecule is CCCCC1CN(CC2CCOCC2)C(=O)OC12CCN(C1CCN(C(=O)c3c(C)ncnc3C)CC1)CC2.O=C(O)C(F)(F)F. The number of amides is 2. The normalized spacial score (nSPS) is 23.1. The highest BCUT2D eigenvalue weighted by molar-refractivity contribution is 5.96. The van der Waals surface area contributed by atoms with Crippen LogP contribution in [0.15, 0.2) is 6.33 Å². The predicted molar refractivity (Wildman–Crippen MR) is 162 cm³/mol. The molecule has 0 radical (unpaired) electrons. The standard InChI is InChI=1S/C30H47N5O4.C2HF3O2/c1-4-5-6-25-20-35(19-24-9-17-38-18-10-24)29(37)39-30(25)11-15-33(16-12-30)26-7-13-34(14-8-26)28(36)27-22(2)31-21-32-23(27)3;3-2(4,5)1(6)7/h21,24-26H,4-20H2,1-3H3;(H,6,7). The number of piperidine rings is 2. The smallest absolute Gasteiger partial charge is 0.475 e. The first-order valence-corrected chi connectivity index (χ1v) is 16.5. The molecule has 14 heteroatoms. The number of ether oxygens (including phenoxy) is 2. The summed E-state index contributed by atoms with van der Waals surface area (Å²) in [5.41, 5.74) is 1.83. The zero-order valence-corrected chi connectivity index (χ0v) is 27.2. The van der Waals surface area contributed by atoms with E-state index in [1.165, 1.54) is 12.7 Å². The minimum atomic E-state index is -5.08. The van der Waals surface area contributed by atoms with E-state index >= 15 is 0 Å². The highest BCUT2D eigenvalue weighted by Gasteiger charge is 2.50. The van der Waals surface area contributed by atoms with Crippen molar-refractivity contribution in [1.29, 1.82) is 0 Å². The average molecular weight is 656 g/mol. The van der Waals surface area contributed by atoms with Gasteiger partial charge in [-0.05, 0) is 51.9 Å². The molecule has 2 amide bonds. The summed E-state index contributed by atoms with van der Waals surface area (Å²) < 4.78 is 43.7. The number of hydrogen-bond donors (Lipinski definition) is 1. The van der Waals surface area contributed by atoms with E-state index in [9.17, 15) is 22.8 Å². The molecule has 258 valence electrons. The quantitative estimate of drug-likeness (QED) is 0.439. The van der Waals surface area contributed by atoms with Gasteiger partial charge in [0, 0.05) is 77.3 Å². The average Bonchev–Trinajstić information content (AvgIpc) is 3.02. The number of carboxylic acid groups (broad SMARTS) is 1. The van der Waals surface area contributed by atoms with Crippen molar-refractivity contribution >= 4 is 18.0 Å². The molecule has 1 atom stereocenters. The highest BCUT2D eigenvalue weighted by atomic mass is 19.4. The molecule has 0 aromatic carbocycles. The van der Waals surface area contributed by atoms with Crippen molar-refractivity contribution in [1.82, 2.24) is 24.7 Å². The molecule has 5 rings (SSSR count). The number of carboxylic acids is 1. The van der Waals surface area contributed by atoms with Gasteiger partial charge < -0.3 is 24.4 Å². The van der Waals surface area contributed by atoms with Gasteiger partial charge in [0.25, 0.3) is 5.91 Å². The lowest BCUT2D eigenvalue weighted by atomic mass is 9.75. The van der Waals surface area contributed by atoms with E-state index in [0.717, 1.165) is 115 Å². The van der Waals surface area contributed by atoms with Crippen LogP contribution in [0, 0.1) is 25.7 Å². The Kier molecular flexibility index (Phi) is 12.3. The van der Waals surface area contributed by atoms with Crippen LogP contribution in [0.4, 0.5) is 18.0 Å². The second-order valence-electron chi connectivity index (χ2n) is 13.0. The molecule has 0 saturated carbocycles. The molecule has 0 bridgehead atoms. The van der Waals surface area contributed by atoms with E-state index in [0.29, 0.717) is 23.4 Å². The van der Waals surface area contributed by atoms with Crippen LogP contribution in [-0.4, -0.2) is 118 Å². The summed E-state index contributed by atoms with van der Waals surface area (Å²) in [6, 6.07) is 0.471. The van der Waals surface area contributed by atoms with Crippen LogP contribution < -0.4 is 0 Å². The molecule has 0 aliphatic carbocycles. The third kappa shape index (κ3) is 8.87. The molecule has 1 N–H and O–H groups in total. The van der Waals surface area contributed by atoms with Gasteiger partial charge in [0.2, 0.25) is 0 Å². The van der Waals surface area contributed by atoms with Gasteiger partial charge in [-0.1, -0.05) is 19.8 Å². The first-order valence-electron chi connectivity index (χ1n) is 16.5. The number of aryl methyl sites for hydroxylation is 2. The van der Waals surface area contributed by atoms with Crippen LogP contribution in [-0.2, 0) is 14.3 Å².